The molecule has 1 rings (SSSR count). The van der Waals surface area contributed by atoms with Gasteiger partial charge in [0.25, 0.3) is 0 Å². The van der Waals surface area contributed by atoms with Crippen LogP contribution >= 0.6 is 0 Å². The van der Waals surface area contributed by atoms with Gasteiger partial charge in [-0.25, -0.2) is 0 Å². The first kappa shape index (κ1) is 9.05. The van der Waals surface area contributed by atoms with Crippen molar-refractivity contribution in [2.24, 2.45) is 5.92 Å². The topological polar surface area (TPSA) is 23.8 Å². The molecule has 1 aliphatic rings. The summed E-state index contributed by atoms with van der Waals surface area (Å²) in [4.78, 5) is 0. The molecule has 1 nitrogen and oxygen atoms in total. The summed E-state index contributed by atoms with van der Waals surface area (Å²) in [5.41, 5.74) is 8.13. The van der Waals surface area contributed by atoms with Crippen molar-refractivity contribution in [3.05, 3.63) is 0 Å². The molecule has 1 fully saturated rings. The van der Waals surface area contributed by atoms with Crippen LogP contribution in [-0.4, -0.2) is 5.54 Å². The van der Waals surface area contributed by atoms with Crippen LogP contribution in [0.1, 0.15) is 52.4 Å². The Labute approximate surface area is 70.4 Å². The fourth-order valence-corrected chi connectivity index (χ4v) is 1.94. The van der Waals surface area contributed by atoms with Crippen molar-refractivity contribution in [1.29, 1.82) is 0 Å². The average Bonchev–Trinajstić information content (AvgIpc) is 2.15. The van der Waals surface area contributed by atoms with Crippen molar-refractivity contribution in [3.63, 3.8) is 0 Å². The van der Waals surface area contributed by atoms with Gasteiger partial charge in [0.15, 0.2) is 0 Å². The Morgan fingerprint density at radius 2 is 1.45 bits per heavy atom. The first-order chi connectivity index (χ1) is 5.15. The fraction of sp³-hybridized carbons (Fsp3) is 1.00. The molecule has 0 aromatic heterocycles. The molecule has 0 bridgehead atoms. The van der Waals surface area contributed by atoms with Gasteiger partial charge in [-0.15, -0.1) is 0 Å². The van der Waals surface area contributed by atoms with Gasteiger partial charge in [0.2, 0.25) is 0 Å². The second-order valence-electron chi connectivity index (χ2n) is 4.23. The molecule has 0 unspecified atom stereocenters. The van der Waals surface area contributed by atoms with Gasteiger partial charge < -0.3 is 0 Å². The predicted molar refractivity (Wildman–Crippen MR) is 48.4 cm³/mol. The molecule has 1 aliphatic carbocycles. The highest BCUT2D eigenvalue weighted by atomic mass is 14.7. The van der Waals surface area contributed by atoms with E-state index in [1.54, 1.807) is 0 Å². The second-order valence-corrected chi connectivity index (χ2v) is 4.23. The van der Waals surface area contributed by atoms with Gasteiger partial charge in [0.1, 0.15) is 0 Å². The quantitative estimate of drug-likeness (QED) is 0.518. The Bertz CT molecular complexity index is 110. The van der Waals surface area contributed by atoms with Crippen molar-refractivity contribution in [1.82, 2.24) is 5.73 Å². The summed E-state index contributed by atoms with van der Waals surface area (Å²) >= 11 is 0. The van der Waals surface area contributed by atoms with Crippen LogP contribution in [0.2, 0.25) is 0 Å². The lowest BCUT2D eigenvalue weighted by Gasteiger charge is -2.31. The van der Waals surface area contributed by atoms with E-state index in [0.717, 1.165) is 12.8 Å². The third-order valence-electron chi connectivity index (χ3n) is 3.10. The zero-order chi connectivity index (χ0) is 8.32. The van der Waals surface area contributed by atoms with Crippen molar-refractivity contribution < 1.29 is 0 Å². The van der Waals surface area contributed by atoms with Crippen molar-refractivity contribution in [2.45, 2.75) is 57.9 Å². The molecular formula is C10H20N. The summed E-state index contributed by atoms with van der Waals surface area (Å²) < 4.78 is 0. The van der Waals surface area contributed by atoms with Crippen molar-refractivity contribution >= 4 is 0 Å². The molecule has 0 amide bonds. The van der Waals surface area contributed by atoms with Gasteiger partial charge in [-0.05, 0) is 18.8 Å². The van der Waals surface area contributed by atoms with Crippen LogP contribution in [0.25, 0.3) is 0 Å². The van der Waals surface area contributed by atoms with Gasteiger partial charge in [-0.3, -0.25) is 5.73 Å². The van der Waals surface area contributed by atoms with E-state index in [1.807, 2.05) is 0 Å². The van der Waals surface area contributed by atoms with Crippen molar-refractivity contribution in [3.8, 4) is 0 Å². The second kappa shape index (κ2) is 3.57. The number of rotatable bonds is 1. The highest BCUT2D eigenvalue weighted by molar-refractivity contribution is 4.87. The maximum absolute atomic E-state index is 8.22. The standard InChI is InChI=1S/C10H20N/c1-9(2)10(11)7-5-3-4-6-8-10/h9,11H,3-8H2,1-2H3. The smallest absolute Gasteiger partial charge is 0.0346 e. The molecule has 0 atom stereocenters. The lowest BCUT2D eigenvalue weighted by Crippen LogP contribution is -2.36. The van der Waals surface area contributed by atoms with Crippen LogP contribution in [0.15, 0.2) is 0 Å². The van der Waals surface area contributed by atoms with Gasteiger partial charge >= 0.3 is 0 Å². The molecule has 0 aliphatic heterocycles. The molecule has 1 saturated carbocycles. The zero-order valence-electron chi connectivity index (χ0n) is 7.82. The number of hydrogen-bond acceptors (Lipinski definition) is 0. The van der Waals surface area contributed by atoms with Gasteiger partial charge in [-0.2, -0.15) is 0 Å². The van der Waals surface area contributed by atoms with E-state index in [9.17, 15) is 0 Å². The summed E-state index contributed by atoms with van der Waals surface area (Å²) in [6.07, 6.45) is 7.53. The minimum Gasteiger partial charge on any atom is -0.251 e. The Hall–Kier alpha value is -0.0400. The average molecular weight is 154 g/mol. The maximum atomic E-state index is 8.22. The van der Waals surface area contributed by atoms with Crippen LogP contribution in [0.4, 0.5) is 0 Å². The van der Waals surface area contributed by atoms with Crippen LogP contribution < -0.4 is 5.73 Å². The van der Waals surface area contributed by atoms with Crippen LogP contribution in [0.5, 0.6) is 0 Å². The van der Waals surface area contributed by atoms with E-state index in [4.69, 9.17) is 5.73 Å². The SMILES string of the molecule is CC(C)C1([NH])CCCCCC1. The predicted octanol–water partition coefficient (Wildman–Crippen LogP) is 3.02. The molecule has 0 aromatic carbocycles. The highest BCUT2D eigenvalue weighted by Gasteiger charge is 2.30. The minimum absolute atomic E-state index is 0.0868. The van der Waals surface area contributed by atoms with Gasteiger partial charge in [0, 0.05) is 5.54 Å². The summed E-state index contributed by atoms with van der Waals surface area (Å²) in [6, 6.07) is 0. The first-order valence-corrected chi connectivity index (χ1v) is 4.90. The van der Waals surface area contributed by atoms with E-state index in [-0.39, 0.29) is 5.54 Å². The minimum atomic E-state index is -0.0868. The fourth-order valence-electron chi connectivity index (χ4n) is 1.94. The monoisotopic (exact) mass is 154 g/mol. The Morgan fingerprint density at radius 3 is 1.82 bits per heavy atom. The molecular weight excluding hydrogens is 134 g/mol. The van der Waals surface area contributed by atoms with Crippen LogP contribution in [-0.2, 0) is 0 Å². The van der Waals surface area contributed by atoms with E-state index >= 15 is 0 Å². The Morgan fingerprint density at radius 1 is 1.00 bits per heavy atom. The van der Waals surface area contributed by atoms with Crippen LogP contribution in [0, 0.1) is 5.92 Å². The van der Waals surface area contributed by atoms with Gasteiger partial charge in [-0.1, -0.05) is 39.5 Å². The lowest BCUT2D eigenvalue weighted by molar-refractivity contribution is 0.261. The van der Waals surface area contributed by atoms with E-state index in [2.05, 4.69) is 13.8 Å². The molecule has 0 aromatic rings. The zero-order valence-corrected chi connectivity index (χ0v) is 7.82. The summed E-state index contributed by atoms with van der Waals surface area (Å²) in [6.45, 7) is 4.39. The van der Waals surface area contributed by atoms with E-state index in [1.165, 1.54) is 25.7 Å². The Kier molecular flexibility index (Phi) is 2.94. The molecule has 1 heteroatoms. The van der Waals surface area contributed by atoms with Crippen LogP contribution in [0.3, 0.4) is 0 Å². The summed E-state index contributed by atoms with van der Waals surface area (Å²) in [5.74, 6) is 0.542. The maximum Gasteiger partial charge on any atom is 0.0346 e. The number of nitrogens with one attached hydrogen (secondary N) is 1. The summed E-state index contributed by atoms with van der Waals surface area (Å²) in [7, 11) is 0. The Balaban J connectivity index is 2.52. The molecule has 0 spiro atoms. The molecule has 0 saturated heterocycles. The van der Waals surface area contributed by atoms with E-state index in [0.29, 0.717) is 5.92 Å². The molecule has 11 heavy (non-hydrogen) atoms. The molecule has 1 radical (unpaired) electrons. The van der Waals surface area contributed by atoms with Crippen molar-refractivity contribution in [2.75, 3.05) is 0 Å². The first-order valence-electron chi connectivity index (χ1n) is 4.90. The highest BCUT2D eigenvalue weighted by Crippen LogP contribution is 2.31. The molecule has 0 heterocycles. The number of hydrogen-bond donors (Lipinski definition) is 0. The summed E-state index contributed by atoms with van der Waals surface area (Å²) in [5, 5.41) is 0. The third-order valence-corrected chi connectivity index (χ3v) is 3.10. The van der Waals surface area contributed by atoms with Gasteiger partial charge in [0.05, 0.1) is 0 Å². The largest absolute Gasteiger partial charge is 0.251 e. The normalized spacial score (nSPS) is 25.1. The molecule has 1 N–H and O–H groups in total. The van der Waals surface area contributed by atoms with E-state index < -0.39 is 0 Å². The molecule has 65 valence electrons. The lowest BCUT2D eigenvalue weighted by atomic mass is 9.81. The third kappa shape index (κ3) is 2.19.